The van der Waals surface area contributed by atoms with Crippen LogP contribution in [0.5, 0.6) is 0 Å². The highest BCUT2D eigenvalue weighted by Crippen LogP contribution is 2.36. The molecule has 0 aliphatic carbocycles. The second kappa shape index (κ2) is 5.09. The van der Waals surface area contributed by atoms with E-state index in [0.717, 1.165) is 32.4 Å². The van der Waals surface area contributed by atoms with Crippen molar-refractivity contribution in [3.8, 4) is 22.4 Å². The Balaban J connectivity index is 2.18. The zero-order valence-corrected chi connectivity index (χ0v) is 12.4. The van der Waals surface area contributed by atoms with Gasteiger partial charge >= 0.3 is 0 Å². The van der Waals surface area contributed by atoms with Crippen LogP contribution in [0.4, 0.5) is 5.88 Å². The highest BCUT2D eigenvalue weighted by molar-refractivity contribution is 9.10. The molecule has 1 aromatic carbocycles. The van der Waals surface area contributed by atoms with Crippen LogP contribution >= 0.6 is 15.9 Å². The lowest BCUT2D eigenvalue weighted by Gasteiger charge is -2.04. The summed E-state index contributed by atoms with van der Waals surface area (Å²) in [6, 6.07) is 9.80. The Bertz CT molecular complexity index is 753. The predicted molar refractivity (Wildman–Crippen MR) is 82.0 cm³/mol. The number of anilines is 1. The number of halogens is 1. The zero-order valence-electron chi connectivity index (χ0n) is 10.8. The average Bonchev–Trinajstić information content (AvgIpc) is 2.85. The van der Waals surface area contributed by atoms with Crippen LogP contribution in [0.25, 0.3) is 22.4 Å². The molecule has 0 saturated carbocycles. The quantitative estimate of drug-likeness (QED) is 0.770. The summed E-state index contributed by atoms with van der Waals surface area (Å²) in [6.45, 7) is 2.03. The molecule has 100 valence electrons. The Morgan fingerprint density at radius 3 is 2.55 bits per heavy atom. The first-order valence-electron chi connectivity index (χ1n) is 6.09. The maximum atomic E-state index is 5.92. The number of aromatic nitrogens is 2. The number of nitrogens with two attached hydrogens (primary N) is 1. The summed E-state index contributed by atoms with van der Waals surface area (Å²) in [6.07, 6.45) is 3.44. The number of nitrogens with zero attached hydrogens (tertiary/aromatic N) is 2. The number of benzene rings is 1. The van der Waals surface area contributed by atoms with Crippen LogP contribution in [0.1, 0.15) is 5.56 Å². The first-order chi connectivity index (χ1) is 9.66. The minimum Gasteiger partial charge on any atom is -0.367 e. The van der Waals surface area contributed by atoms with Crippen molar-refractivity contribution in [1.82, 2.24) is 10.1 Å². The van der Waals surface area contributed by atoms with E-state index in [4.69, 9.17) is 10.3 Å². The van der Waals surface area contributed by atoms with E-state index in [1.54, 1.807) is 12.4 Å². The molecule has 0 amide bonds. The summed E-state index contributed by atoms with van der Waals surface area (Å²) >= 11 is 3.49. The van der Waals surface area contributed by atoms with E-state index in [9.17, 15) is 0 Å². The first kappa shape index (κ1) is 12.9. The van der Waals surface area contributed by atoms with E-state index in [1.165, 1.54) is 0 Å². The van der Waals surface area contributed by atoms with E-state index in [1.807, 2.05) is 37.3 Å². The fourth-order valence-corrected chi connectivity index (χ4v) is 2.34. The number of hydrogen-bond acceptors (Lipinski definition) is 4. The molecule has 3 aromatic rings. The molecule has 0 fully saturated rings. The molecule has 0 aliphatic rings. The van der Waals surface area contributed by atoms with Gasteiger partial charge in [-0.15, -0.1) is 0 Å². The van der Waals surface area contributed by atoms with Gasteiger partial charge in [-0.3, -0.25) is 4.98 Å². The lowest BCUT2D eigenvalue weighted by atomic mass is 10.0. The summed E-state index contributed by atoms with van der Waals surface area (Å²) in [5.41, 5.74) is 10.5. The Morgan fingerprint density at radius 1 is 1.10 bits per heavy atom. The van der Waals surface area contributed by atoms with Gasteiger partial charge in [0.25, 0.3) is 0 Å². The van der Waals surface area contributed by atoms with Crippen molar-refractivity contribution in [2.45, 2.75) is 6.92 Å². The number of aryl methyl sites for hydroxylation is 1. The third kappa shape index (κ3) is 2.20. The molecule has 0 spiro atoms. The van der Waals surface area contributed by atoms with Gasteiger partial charge in [0, 0.05) is 22.4 Å². The summed E-state index contributed by atoms with van der Waals surface area (Å²) in [7, 11) is 0. The molecular formula is C15H12BrN3O. The van der Waals surface area contributed by atoms with Gasteiger partial charge in [-0.2, -0.15) is 0 Å². The Kier molecular flexibility index (Phi) is 3.28. The number of rotatable bonds is 2. The monoisotopic (exact) mass is 329 g/mol. The second-order valence-electron chi connectivity index (χ2n) is 4.47. The molecule has 0 aliphatic heterocycles. The van der Waals surface area contributed by atoms with E-state index in [2.05, 4.69) is 26.1 Å². The standard InChI is InChI=1S/C15H12BrN3O/c1-9-8-11(2-3-12(9)16)14-13(15(17)20-19-14)10-4-6-18-7-5-10/h2-8H,17H2,1H3. The van der Waals surface area contributed by atoms with Crippen molar-refractivity contribution >= 4 is 21.8 Å². The Hall–Kier alpha value is -2.14. The van der Waals surface area contributed by atoms with Crippen LogP contribution in [0.2, 0.25) is 0 Å². The highest BCUT2D eigenvalue weighted by atomic mass is 79.9. The summed E-state index contributed by atoms with van der Waals surface area (Å²) < 4.78 is 6.23. The normalized spacial score (nSPS) is 10.7. The van der Waals surface area contributed by atoms with Gasteiger partial charge in [-0.25, -0.2) is 0 Å². The van der Waals surface area contributed by atoms with Gasteiger partial charge in [-0.05, 0) is 42.3 Å². The topological polar surface area (TPSA) is 64.9 Å². The molecule has 0 atom stereocenters. The molecular weight excluding hydrogens is 318 g/mol. The number of hydrogen-bond donors (Lipinski definition) is 1. The van der Waals surface area contributed by atoms with Gasteiger partial charge in [0.1, 0.15) is 5.69 Å². The highest BCUT2D eigenvalue weighted by Gasteiger charge is 2.17. The van der Waals surface area contributed by atoms with Crippen molar-refractivity contribution < 1.29 is 4.52 Å². The third-order valence-electron chi connectivity index (χ3n) is 3.12. The molecule has 5 heteroatoms. The lowest BCUT2D eigenvalue weighted by Crippen LogP contribution is -1.88. The summed E-state index contributed by atoms with van der Waals surface area (Å²) in [5, 5.41) is 4.10. The van der Waals surface area contributed by atoms with Crippen LogP contribution in [0, 0.1) is 6.92 Å². The van der Waals surface area contributed by atoms with Crippen LogP contribution in [-0.4, -0.2) is 10.1 Å². The predicted octanol–water partition coefficient (Wildman–Crippen LogP) is 4.06. The number of pyridine rings is 1. The van der Waals surface area contributed by atoms with Gasteiger partial charge in [0.15, 0.2) is 0 Å². The van der Waals surface area contributed by atoms with Gasteiger partial charge < -0.3 is 10.3 Å². The van der Waals surface area contributed by atoms with Crippen molar-refractivity contribution in [2.75, 3.05) is 5.73 Å². The van der Waals surface area contributed by atoms with Gasteiger partial charge in [-0.1, -0.05) is 27.2 Å². The lowest BCUT2D eigenvalue weighted by molar-refractivity contribution is 0.439. The average molecular weight is 330 g/mol. The minimum atomic E-state index is 0.312. The first-order valence-corrected chi connectivity index (χ1v) is 6.88. The molecule has 0 saturated heterocycles. The Morgan fingerprint density at radius 2 is 1.85 bits per heavy atom. The molecule has 20 heavy (non-hydrogen) atoms. The SMILES string of the molecule is Cc1cc(-c2noc(N)c2-c2ccncc2)ccc1Br. The molecule has 0 unspecified atom stereocenters. The van der Waals surface area contributed by atoms with Gasteiger partial charge in [0.05, 0.1) is 5.56 Å². The van der Waals surface area contributed by atoms with Crippen molar-refractivity contribution in [1.29, 1.82) is 0 Å². The van der Waals surface area contributed by atoms with Crippen molar-refractivity contribution in [3.05, 3.63) is 52.8 Å². The number of nitrogen functional groups attached to an aromatic ring is 1. The van der Waals surface area contributed by atoms with E-state index < -0.39 is 0 Å². The van der Waals surface area contributed by atoms with E-state index in [-0.39, 0.29) is 0 Å². The van der Waals surface area contributed by atoms with E-state index >= 15 is 0 Å². The Labute approximate surface area is 124 Å². The molecule has 2 heterocycles. The molecule has 3 rings (SSSR count). The van der Waals surface area contributed by atoms with E-state index in [0.29, 0.717) is 5.88 Å². The summed E-state index contributed by atoms with van der Waals surface area (Å²) in [4.78, 5) is 4.02. The maximum Gasteiger partial charge on any atom is 0.230 e. The van der Waals surface area contributed by atoms with Crippen LogP contribution in [-0.2, 0) is 0 Å². The fourth-order valence-electron chi connectivity index (χ4n) is 2.09. The molecule has 4 nitrogen and oxygen atoms in total. The van der Waals surface area contributed by atoms with Crippen LogP contribution in [0.15, 0.2) is 51.7 Å². The summed E-state index contributed by atoms with van der Waals surface area (Å²) in [5.74, 6) is 0.312. The smallest absolute Gasteiger partial charge is 0.230 e. The largest absolute Gasteiger partial charge is 0.367 e. The van der Waals surface area contributed by atoms with Gasteiger partial charge in [0.2, 0.25) is 5.88 Å². The third-order valence-corrected chi connectivity index (χ3v) is 4.01. The molecule has 0 radical (unpaired) electrons. The van der Waals surface area contributed by atoms with Crippen LogP contribution < -0.4 is 5.73 Å². The zero-order chi connectivity index (χ0) is 14.1. The maximum absolute atomic E-state index is 5.92. The van der Waals surface area contributed by atoms with Crippen LogP contribution in [0.3, 0.4) is 0 Å². The second-order valence-corrected chi connectivity index (χ2v) is 5.32. The van der Waals surface area contributed by atoms with Crippen molar-refractivity contribution in [2.24, 2.45) is 0 Å². The van der Waals surface area contributed by atoms with Crippen molar-refractivity contribution in [3.63, 3.8) is 0 Å². The molecule has 2 aromatic heterocycles. The molecule has 2 N–H and O–H groups in total. The minimum absolute atomic E-state index is 0.312. The fraction of sp³-hybridized carbons (Fsp3) is 0.0667. The molecule has 0 bridgehead atoms.